The van der Waals surface area contributed by atoms with E-state index in [1.54, 1.807) is 0 Å². The summed E-state index contributed by atoms with van der Waals surface area (Å²) < 4.78 is 0. The lowest BCUT2D eigenvalue weighted by Crippen LogP contribution is -2.24. The Morgan fingerprint density at radius 3 is 2.72 bits per heavy atom. The van der Waals surface area contributed by atoms with Gasteiger partial charge >= 0.3 is 5.97 Å². The van der Waals surface area contributed by atoms with Gasteiger partial charge in [-0.25, -0.2) is 0 Å². The van der Waals surface area contributed by atoms with Crippen LogP contribution in [0.2, 0.25) is 0 Å². The van der Waals surface area contributed by atoms with Crippen LogP contribution in [0, 0.1) is 0 Å². The molecule has 1 aliphatic heterocycles. The lowest BCUT2D eigenvalue weighted by molar-refractivity contribution is -0.137. The van der Waals surface area contributed by atoms with Crippen molar-refractivity contribution < 1.29 is 14.7 Å². The average molecular weight is 291 g/mol. The fourth-order valence-electron chi connectivity index (χ4n) is 1.78. The van der Waals surface area contributed by atoms with Crippen molar-refractivity contribution in [1.29, 1.82) is 0 Å². The van der Waals surface area contributed by atoms with Gasteiger partial charge in [-0.05, 0) is 25.7 Å². The third-order valence-electron chi connectivity index (χ3n) is 2.80. The van der Waals surface area contributed by atoms with Crippen molar-refractivity contribution in [3.63, 3.8) is 0 Å². The molecule has 1 fully saturated rings. The average Bonchev–Trinajstić information content (AvgIpc) is 2.83. The summed E-state index contributed by atoms with van der Waals surface area (Å²) >= 11 is 0. The molecule has 1 atom stereocenters. The van der Waals surface area contributed by atoms with Crippen LogP contribution in [-0.4, -0.2) is 34.5 Å². The van der Waals surface area contributed by atoms with Gasteiger partial charge in [-0.15, -0.1) is 0 Å². The summed E-state index contributed by atoms with van der Waals surface area (Å²) in [4.78, 5) is 21.7. The Morgan fingerprint density at radius 2 is 2.06 bits per heavy atom. The molecule has 0 saturated carbocycles. The fraction of sp³-hybridized carbons (Fsp3) is 0.833. The molecule has 18 heavy (non-hydrogen) atoms. The first-order chi connectivity index (χ1) is 8.68. The maximum atomic E-state index is 11.4. The van der Waals surface area contributed by atoms with E-state index in [2.05, 4.69) is 5.32 Å². The number of hydrogen-bond donors (Lipinski definition) is 2. The summed E-state index contributed by atoms with van der Waals surface area (Å²) in [6.45, 7) is 0.472. The van der Waals surface area contributed by atoms with Crippen LogP contribution in [0.25, 0.3) is 0 Å². The van der Waals surface area contributed by atoms with E-state index < -0.39 is 5.97 Å². The van der Waals surface area contributed by atoms with Crippen LogP contribution in [0.4, 0.5) is 0 Å². The highest BCUT2D eigenvalue weighted by Crippen LogP contribution is 2.39. The largest absolute Gasteiger partial charge is 0.481 e. The third-order valence-corrected chi connectivity index (χ3v) is 5.80. The summed E-state index contributed by atoms with van der Waals surface area (Å²) in [5.74, 6) is 0.504. The Kier molecular flexibility index (Phi) is 8.33. The number of hydrogen-bond acceptors (Lipinski definition) is 4. The van der Waals surface area contributed by atoms with Crippen molar-refractivity contribution in [2.75, 3.05) is 12.3 Å². The zero-order chi connectivity index (χ0) is 13.2. The lowest BCUT2D eigenvalue weighted by Gasteiger charge is -2.07. The van der Waals surface area contributed by atoms with Crippen molar-refractivity contribution in [3.05, 3.63) is 0 Å². The summed E-state index contributed by atoms with van der Waals surface area (Å²) in [6, 6.07) is 0. The predicted molar refractivity (Wildman–Crippen MR) is 76.8 cm³/mol. The molecule has 1 aliphatic rings. The quantitative estimate of drug-likeness (QED) is 0.505. The Bertz CT molecular complexity index is 268. The van der Waals surface area contributed by atoms with Crippen molar-refractivity contribution in [1.82, 2.24) is 5.32 Å². The topological polar surface area (TPSA) is 66.4 Å². The maximum absolute atomic E-state index is 11.4. The van der Waals surface area contributed by atoms with Crippen molar-refractivity contribution in [2.45, 2.75) is 50.2 Å². The van der Waals surface area contributed by atoms with Crippen LogP contribution in [0.3, 0.4) is 0 Å². The normalized spacial score (nSPS) is 18.8. The van der Waals surface area contributed by atoms with Gasteiger partial charge in [-0.1, -0.05) is 28.0 Å². The van der Waals surface area contributed by atoms with Gasteiger partial charge in [0.05, 0.1) is 0 Å². The first-order valence-electron chi connectivity index (χ1n) is 6.45. The SMILES string of the molecule is O=C(O)CCCNC(=O)CCCC[C@@H]1CCSS1. The highest BCUT2D eigenvalue weighted by Gasteiger charge is 2.15. The van der Waals surface area contributed by atoms with Crippen LogP contribution >= 0.6 is 21.6 Å². The van der Waals surface area contributed by atoms with Crippen LogP contribution in [0.5, 0.6) is 0 Å². The van der Waals surface area contributed by atoms with E-state index in [-0.39, 0.29) is 12.3 Å². The number of amides is 1. The minimum atomic E-state index is -0.809. The van der Waals surface area contributed by atoms with E-state index in [1.807, 2.05) is 21.6 Å². The number of carbonyl (C=O) groups excluding carboxylic acids is 1. The number of carbonyl (C=O) groups is 2. The Hall–Kier alpha value is -0.360. The number of unbranched alkanes of at least 4 members (excludes halogenated alkanes) is 1. The summed E-state index contributed by atoms with van der Waals surface area (Å²) in [5, 5.41) is 12.0. The Balaban J connectivity index is 1.88. The molecule has 1 amide bonds. The Labute approximate surface area is 116 Å². The molecule has 0 aromatic rings. The first kappa shape index (κ1) is 15.7. The van der Waals surface area contributed by atoms with Crippen LogP contribution in [0.15, 0.2) is 0 Å². The number of nitrogens with one attached hydrogen (secondary N) is 1. The summed E-state index contributed by atoms with van der Waals surface area (Å²) in [6.07, 6.45) is 5.76. The lowest BCUT2D eigenvalue weighted by atomic mass is 10.1. The second kappa shape index (κ2) is 9.55. The van der Waals surface area contributed by atoms with Crippen molar-refractivity contribution in [3.8, 4) is 0 Å². The minimum absolute atomic E-state index is 0.0499. The van der Waals surface area contributed by atoms with E-state index in [0.29, 0.717) is 19.4 Å². The molecule has 0 aromatic heterocycles. The molecular formula is C12H21NO3S2. The van der Waals surface area contributed by atoms with Gasteiger partial charge in [-0.2, -0.15) is 0 Å². The molecule has 6 heteroatoms. The highest BCUT2D eigenvalue weighted by molar-refractivity contribution is 8.77. The third kappa shape index (κ3) is 7.87. The standard InChI is InChI=1S/C12H21NO3S2/c14-11(13-8-3-6-12(15)16)5-2-1-4-10-7-9-17-18-10/h10H,1-9H2,(H,13,14)(H,15,16)/t10-/m1/s1. The van der Waals surface area contributed by atoms with E-state index in [4.69, 9.17) is 5.11 Å². The summed E-state index contributed by atoms with van der Waals surface area (Å²) in [5.41, 5.74) is 0. The van der Waals surface area contributed by atoms with Gasteiger partial charge < -0.3 is 10.4 Å². The molecule has 1 heterocycles. The fourth-order valence-corrected chi connectivity index (χ4v) is 4.81. The molecule has 2 N–H and O–H groups in total. The zero-order valence-electron chi connectivity index (χ0n) is 10.5. The first-order valence-corrected chi connectivity index (χ1v) is 8.83. The Morgan fingerprint density at radius 1 is 1.22 bits per heavy atom. The number of aliphatic carboxylic acids is 1. The smallest absolute Gasteiger partial charge is 0.303 e. The number of carboxylic acid groups (broad SMARTS) is 1. The second-order valence-electron chi connectivity index (χ2n) is 4.42. The van der Waals surface area contributed by atoms with Crippen molar-refractivity contribution in [2.24, 2.45) is 0 Å². The molecule has 0 unspecified atom stereocenters. The zero-order valence-corrected chi connectivity index (χ0v) is 12.2. The van der Waals surface area contributed by atoms with E-state index in [9.17, 15) is 9.59 Å². The highest BCUT2D eigenvalue weighted by atomic mass is 33.1. The maximum Gasteiger partial charge on any atom is 0.303 e. The van der Waals surface area contributed by atoms with E-state index in [0.717, 1.165) is 18.1 Å². The monoisotopic (exact) mass is 291 g/mol. The van der Waals surface area contributed by atoms with E-state index in [1.165, 1.54) is 18.6 Å². The molecule has 104 valence electrons. The van der Waals surface area contributed by atoms with Gasteiger partial charge in [0, 0.05) is 30.4 Å². The molecule has 4 nitrogen and oxygen atoms in total. The van der Waals surface area contributed by atoms with Gasteiger partial charge in [-0.3, -0.25) is 9.59 Å². The molecule has 0 radical (unpaired) electrons. The van der Waals surface area contributed by atoms with Gasteiger partial charge in [0.25, 0.3) is 0 Å². The van der Waals surface area contributed by atoms with Gasteiger partial charge in [0.1, 0.15) is 0 Å². The van der Waals surface area contributed by atoms with Gasteiger partial charge in [0.2, 0.25) is 5.91 Å². The van der Waals surface area contributed by atoms with Gasteiger partial charge in [0.15, 0.2) is 0 Å². The molecule has 0 aliphatic carbocycles. The molecule has 0 aromatic carbocycles. The molecule has 0 bridgehead atoms. The van der Waals surface area contributed by atoms with Crippen LogP contribution < -0.4 is 5.32 Å². The van der Waals surface area contributed by atoms with E-state index >= 15 is 0 Å². The predicted octanol–water partition coefficient (Wildman–Crippen LogP) is 2.68. The van der Waals surface area contributed by atoms with Crippen LogP contribution in [0.1, 0.15) is 44.9 Å². The molecule has 1 rings (SSSR count). The summed E-state index contributed by atoms with van der Waals surface area (Å²) in [7, 11) is 3.93. The molecule has 0 spiro atoms. The molecular weight excluding hydrogens is 270 g/mol. The second-order valence-corrected chi connectivity index (χ2v) is 7.21. The van der Waals surface area contributed by atoms with Crippen LogP contribution in [-0.2, 0) is 9.59 Å². The molecule has 1 saturated heterocycles. The minimum Gasteiger partial charge on any atom is -0.481 e. The van der Waals surface area contributed by atoms with Crippen molar-refractivity contribution >= 4 is 33.5 Å². The number of carboxylic acids is 1. The number of rotatable bonds is 9.